The van der Waals surface area contributed by atoms with Crippen molar-refractivity contribution in [2.45, 2.75) is 20.8 Å². The van der Waals surface area contributed by atoms with Gasteiger partial charge in [0.2, 0.25) is 0 Å². The molecule has 3 nitrogen and oxygen atoms in total. The van der Waals surface area contributed by atoms with Crippen molar-refractivity contribution >= 4 is 11.6 Å². The SMILES string of the molecule is CCN(C(=O)c1ccc(O)cc1C)c1ccccc1C. The molecule has 1 amide bonds. The maximum Gasteiger partial charge on any atom is 0.258 e. The first-order valence-electron chi connectivity index (χ1n) is 6.71. The van der Waals surface area contributed by atoms with Gasteiger partial charge < -0.3 is 10.0 Å². The van der Waals surface area contributed by atoms with E-state index in [0.717, 1.165) is 16.8 Å². The maximum absolute atomic E-state index is 12.7. The maximum atomic E-state index is 12.7. The number of phenols is 1. The minimum Gasteiger partial charge on any atom is -0.508 e. The van der Waals surface area contributed by atoms with Crippen molar-refractivity contribution in [3.8, 4) is 5.75 Å². The molecule has 0 aliphatic heterocycles. The molecule has 0 saturated heterocycles. The van der Waals surface area contributed by atoms with Gasteiger partial charge in [0.1, 0.15) is 5.75 Å². The van der Waals surface area contributed by atoms with Gasteiger partial charge in [-0.3, -0.25) is 4.79 Å². The third-order valence-corrected chi connectivity index (χ3v) is 3.41. The second-order valence-electron chi connectivity index (χ2n) is 4.84. The average Bonchev–Trinajstić information content (AvgIpc) is 2.41. The molecule has 0 aliphatic carbocycles. The number of rotatable bonds is 3. The van der Waals surface area contributed by atoms with E-state index in [1.165, 1.54) is 0 Å². The van der Waals surface area contributed by atoms with Gasteiger partial charge in [-0.2, -0.15) is 0 Å². The van der Waals surface area contributed by atoms with Crippen LogP contribution in [0.4, 0.5) is 5.69 Å². The van der Waals surface area contributed by atoms with Crippen LogP contribution in [0.25, 0.3) is 0 Å². The van der Waals surface area contributed by atoms with Crippen molar-refractivity contribution in [3.05, 3.63) is 59.2 Å². The topological polar surface area (TPSA) is 40.5 Å². The number of benzene rings is 2. The number of anilines is 1. The normalized spacial score (nSPS) is 10.3. The van der Waals surface area contributed by atoms with Crippen LogP contribution in [0.5, 0.6) is 5.75 Å². The van der Waals surface area contributed by atoms with E-state index in [2.05, 4.69) is 0 Å². The van der Waals surface area contributed by atoms with E-state index < -0.39 is 0 Å². The highest BCUT2D eigenvalue weighted by atomic mass is 16.3. The summed E-state index contributed by atoms with van der Waals surface area (Å²) in [4.78, 5) is 14.5. The molecule has 2 aromatic carbocycles. The molecule has 0 saturated carbocycles. The minimum atomic E-state index is -0.0423. The third kappa shape index (κ3) is 2.67. The lowest BCUT2D eigenvalue weighted by Gasteiger charge is -2.23. The van der Waals surface area contributed by atoms with E-state index in [9.17, 15) is 9.90 Å². The van der Waals surface area contributed by atoms with Crippen LogP contribution in [0.15, 0.2) is 42.5 Å². The summed E-state index contributed by atoms with van der Waals surface area (Å²) >= 11 is 0. The molecular formula is C17H19NO2. The molecular weight excluding hydrogens is 250 g/mol. The van der Waals surface area contributed by atoms with Crippen LogP contribution < -0.4 is 4.90 Å². The Morgan fingerprint density at radius 3 is 2.40 bits per heavy atom. The monoisotopic (exact) mass is 269 g/mol. The zero-order chi connectivity index (χ0) is 14.7. The van der Waals surface area contributed by atoms with Crippen LogP contribution >= 0.6 is 0 Å². The number of phenolic OH excluding ortho intramolecular Hbond substituents is 1. The van der Waals surface area contributed by atoms with Gasteiger partial charge in [0.15, 0.2) is 0 Å². The first kappa shape index (κ1) is 14.1. The number of amides is 1. The largest absolute Gasteiger partial charge is 0.508 e. The minimum absolute atomic E-state index is 0.0423. The summed E-state index contributed by atoms with van der Waals surface area (Å²) in [6.07, 6.45) is 0. The molecule has 1 N–H and O–H groups in total. The zero-order valence-corrected chi connectivity index (χ0v) is 12.1. The Kier molecular flexibility index (Phi) is 4.08. The Hall–Kier alpha value is -2.29. The quantitative estimate of drug-likeness (QED) is 0.923. The summed E-state index contributed by atoms with van der Waals surface area (Å²) in [5.41, 5.74) is 3.39. The Bertz CT molecular complexity index is 635. The van der Waals surface area contributed by atoms with E-state index >= 15 is 0 Å². The smallest absolute Gasteiger partial charge is 0.258 e. The van der Waals surface area contributed by atoms with Gasteiger partial charge in [-0.1, -0.05) is 18.2 Å². The van der Waals surface area contributed by atoms with Gasteiger partial charge in [-0.25, -0.2) is 0 Å². The second-order valence-corrected chi connectivity index (χ2v) is 4.84. The summed E-state index contributed by atoms with van der Waals surface area (Å²) in [5, 5.41) is 9.45. The lowest BCUT2D eigenvalue weighted by molar-refractivity contribution is 0.0987. The summed E-state index contributed by atoms with van der Waals surface area (Å²) in [6.45, 7) is 6.39. The van der Waals surface area contributed by atoms with Gasteiger partial charge in [-0.05, 0) is 56.2 Å². The standard InChI is InChI=1S/C17H19NO2/c1-4-18(16-8-6-5-7-12(16)2)17(20)15-10-9-14(19)11-13(15)3/h5-11,19H,4H2,1-3H3. The molecule has 0 heterocycles. The van der Waals surface area contributed by atoms with E-state index in [4.69, 9.17) is 0 Å². The summed E-state index contributed by atoms with van der Waals surface area (Å²) < 4.78 is 0. The van der Waals surface area contributed by atoms with Gasteiger partial charge in [0.25, 0.3) is 5.91 Å². The van der Waals surface area contributed by atoms with Crippen LogP contribution in [0, 0.1) is 13.8 Å². The van der Waals surface area contributed by atoms with Crippen LogP contribution in [0.1, 0.15) is 28.4 Å². The zero-order valence-electron chi connectivity index (χ0n) is 12.1. The van der Waals surface area contributed by atoms with E-state index in [1.54, 1.807) is 23.1 Å². The predicted octanol–water partition coefficient (Wildman–Crippen LogP) is 3.68. The van der Waals surface area contributed by atoms with Gasteiger partial charge in [0, 0.05) is 17.8 Å². The number of para-hydroxylation sites is 1. The molecule has 3 heteroatoms. The number of aromatic hydroxyl groups is 1. The molecule has 0 unspecified atom stereocenters. The number of nitrogens with zero attached hydrogens (tertiary/aromatic N) is 1. The summed E-state index contributed by atoms with van der Waals surface area (Å²) in [6, 6.07) is 12.7. The average molecular weight is 269 g/mol. The van der Waals surface area contributed by atoms with Gasteiger partial charge in [0.05, 0.1) is 0 Å². The van der Waals surface area contributed by atoms with Gasteiger partial charge in [-0.15, -0.1) is 0 Å². The molecule has 104 valence electrons. The molecule has 0 radical (unpaired) electrons. The molecule has 0 bridgehead atoms. The van der Waals surface area contributed by atoms with Crippen molar-refractivity contribution in [1.82, 2.24) is 0 Å². The molecule has 0 aromatic heterocycles. The highest BCUT2D eigenvalue weighted by molar-refractivity contribution is 6.07. The highest BCUT2D eigenvalue weighted by Crippen LogP contribution is 2.23. The number of aryl methyl sites for hydroxylation is 2. The lowest BCUT2D eigenvalue weighted by atomic mass is 10.1. The molecule has 0 fully saturated rings. The van der Waals surface area contributed by atoms with Gasteiger partial charge >= 0.3 is 0 Å². The fourth-order valence-electron chi connectivity index (χ4n) is 2.32. The highest BCUT2D eigenvalue weighted by Gasteiger charge is 2.19. The van der Waals surface area contributed by atoms with E-state index in [-0.39, 0.29) is 11.7 Å². The van der Waals surface area contributed by atoms with Crippen LogP contribution in [0.3, 0.4) is 0 Å². The molecule has 0 aliphatic rings. The van der Waals surface area contributed by atoms with Crippen molar-refractivity contribution in [2.24, 2.45) is 0 Å². The van der Waals surface area contributed by atoms with Crippen LogP contribution in [0.2, 0.25) is 0 Å². The van der Waals surface area contributed by atoms with Crippen LogP contribution in [-0.4, -0.2) is 17.6 Å². The Balaban J connectivity index is 2.42. The lowest BCUT2D eigenvalue weighted by Crippen LogP contribution is -2.31. The summed E-state index contributed by atoms with van der Waals surface area (Å²) in [5.74, 6) is 0.136. The van der Waals surface area contributed by atoms with E-state index in [1.807, 2.05) is 45.0 Å². The first-order valence-corrected chi connectivity index (χ1v) is 6.71. The fourth-order valence-corrected chi connectivity index (χ4v) is 2.32. The number of carbonyl (C=O) groups is 1. The fraction of sp³-hybridized carbons (Fsp3) is 0.235. The number of hydrogen-bond donors (Lipinski definition) is 1. The van der Waals surface area contributed by atoms with Crippen molar-refractivity contribution < 1.29 is 9.90 Å². The summed E-state index contributed by atoms with van der Waals surface area (Å²) in [7, 11) is 0. The molecule has 0 atom stereocenters. The Morgan fingerprint density at radius 1 is 1.10 bits per heavy atom. The molecule has 2 aromatic rings. The van der Waals surface area contributed by atoms with Crippen molar-refractivity contribution in [2.75, 3.05) is 11.4 Å². The second kappa shape index (κ2) is 5.78. The molecule has 0 spiro atoms. The number of hydrogen-bond acceptors (Lipinski definition) is 2. The molecule has 2 rings (SSSR count). The Labute approximate surface area is 119 Å². The predicted molar refractivity (Wildman–Crippen MR) is 81.4 cm³/mol. The first-order chi connectivity index (χ1) is 9.54. The molecule has 20 heavy (non-hydrogen) atoms. The third-order valence-electron chi connectivity index (χ3n) is 3.41. The van der Waals surface area contributed by atoms with Crippen LogP contribution in [-0.2, 0) is 0 Å². The number of carbonyl (C=O) groups excluding carboxylic acids is 1. The Morgan fingerprint density at radius 2 is 1.80 bits per heavy atom. The van der Waals surface area contributed by atoms with E-state index in [0.29, 0.717) is 12.1 Å². The van der Waals surface area contributed by atoms with Crippen molar-refractivity contribution in [3.63, 3.8) is 0 Å². The van der Waals surface area contributed by atoms with Crippen molar-refractivity contribution in [1.29, 1.82) is 0 Å².